The summed E-state index contributed by atoms with van der Waals surface area (Å²) in [4.78, 5) is 0. The summed E-state index contributed by atoms with van der Waals surface area (Å²) in [6.45, 7) is 0.604. The molecule has 0 spiro atoms. The van der Waals surface area contributed by atoms with Gasteiger partial charge in [0.1, 0.15) is 4.24 Å². The molecule has 0 fully saturated rings. The van der Waals surface area contributed by atoms with Crippen LogP contribution in [0.2, 0.25) is 0 Å². The Bertz CT molecular complexity index is 707. The second-order valence-electron chi connectivity index (χ2n) is 5.38. The maximum absolute atomic E-state index is 12.6. The van der Waals surface area contributed by atoms with Crippen LogP contribution in [0, 0.1) is 0 Å². The molecule has 0 amide bonds. The Kier molecular flexibility index (Phi) is 5.74. The molecule has 2 aliphatic heterocycles. The Balaban J connectivity index is 2.23. The molecule has 0 aromatic heterocycles. The Morgan fingerprint density at radius 1 is 1.52 bits per heavy atom. The number of methoxy groups -OCH3 is 1. The number of nitrogens with zero attached hydrogens (tertiary/aromatic N) is 1. The fourth-order valence-corrected chi connectivity index (χ4v) is 7.67. The molecular formula is C11H19ClN2O6S3. The van der Waals surface area contributed by atoms with Gasteiger partial charge in [0.15, 0.2) is 0 Å². The zero-order valence-electron chi connectivity index (χ0n) is 12.4. The number of thioether (sulfide) groups is 1. The summed E-state index contributed by atoms with van der Waals surface area (Å²) in [6.07, 6.45) is -0.167. The first-order chi connectivity index (χ1) is 10.5. The lowest BCUT2D eigenvalue weighted by Gasteiger charge is -2.30. The highest BCUT2D eigenvalue weighted by atomic mass is 35.5. The number of halogens is 1. The van der Waals surface area contributed by atoms with Crippen molar-refractivity contribution in [1.29, 1.82) is 0 Å². The highest BCUT2D eigenvalue weighted by molar-refractivity contribution is 8.26. The van der Waals surface area contributed by atoms with Gasteiger partial charge in [-0.2, -0.15) is 4.31 Å². The van der Waals surface area contributed by atoms with E-state index in [2.05, 4.69) is 0 Å². The number of alkyl halides is 1. The van der Waals surface area contributed by atoms with Crippen LogP contribution in [0.15, 0.2) is 9.81 Å². The molecule has 2 heterocycles. The fraction of sp³-hybridized carbons (Fsp3) is 0.818. The van der Waals surface area contributed by atoms with Gasteiger partial charge in [-0.15, -0.1) is 0 Å². The topological polar surface area (TPSA) is 127 Å². The fourth-order valence-electron chi connectivity index (χ4n) is 2.44. The van der Waals surface area contributed by atoms with Gasteiger partial charge >= 0.3 is 0 Å². The van der Waals surface area contributed by atoms with Crippen molar-refractivity contribution in [2.75, 3.05) is 26.8 Å². The highest BCUT2D eigenvalue weighted by Gasteiger charge is 2.54. The summed E-state index contributed by atoms with van der Waals surface area (Å²) in [5.74, 6) is 0. The van der Waals surface area contributed by atoms with Gasteiger partial charge in [0, 0.05) is 33.2 Å². The molecule has 0 aromatic carbocycles. The van der Waals surface area contributed by atoms with Crippen LogP contribution in [0.4, 0.5) is 0 Å². The smallest absolute Gasteiger partial charge is 0.249 e. The van der Waals surface area contributed by atoms with Crippen LogP contribution in [-0.2, 0) is 24.8 Å². The van der Waals surface area contributed by atoms with Gasteiger partial charge < -0.3 is 9.84 Å². The van der Waals surface area contributed by atoms with E-state index in [4.69, 9.17) is 21.5 Å². The molecule has 0 bridgehead atoms. The molecule has 0 aromatic rings. The molecule has 0 saturated heterocycles. The number of hydrogen-bond donors (Lipinski definition) is 2. The van der Waals surface area contributed by atoms with Crippen LogP contribution < -0.4 is 5.14 Å². The first-order valence-electron chi connectivity index (χ1n) is 6.83. The first-order valence-corrected chi connectivity index (χ1v) is 11.0. The van der Waals surface area contributed by atoms with E-state index in [-0.39, 0.29) is 29.3 Å². The molecule has 8 nitrogen and oxygen atoms in total. The minimum absolute atomic E-state index is 0.118. The molecule has 2 aliphatic rings. The number of aliphatic hydroxyl groups is 1. The number of hydrogen-bond acceptors (Lipinski definition) is 7. The molecule has 1 unspecified atom stereocenters. The van der Waals surface area contributed by atoms with Crippen molar-refractivity contribution in [2.45, 2.75) is 28.9 Å². The van der Waals surface area contributed by atoms with Gasteiger partial charge in [-0.3, -0.25) is 0 Å². The Labute approximate surface area is 145 Å². The van der Waals surface area contributed by atoms with Gasteiger partial charge in [-0.25, -0.2) is 22.0 Å². The third-order valence-corrected chi connectivity index (χ3v) is 10.2. The summed E-state index contributed by atoms with van der Waals surface area (Å²) in [7, 11) is -6.52. The van der Waals surface area contributed by atoms with Gasteiger partial charge in [0.05, 0.1) is 6.10 Å². The zero-order valence-corrected chi connectivity index (χ0v) is 15.6. The summed E-state index contributed by atoms with van der Waals surface area (Å²) >= 11 is 6.48. The molecular weight excluding hydrogens is 388 g/mol. The lowest BCUT2D eigenvalue weighted by Crippen LogP contribution is -2.43. The predicted octanol–water partition coefficient (Wildman–Crippen LogP) is -0.0511. The lowest BCUT2D eigenvalue weighted by molar-refractivity contribution is 0.164. The number of sulfonamides is 2. The number of ether oxygens (including phenoxy) is 1. The van der Waals surface area contributed by atoms with E-state index in [1.54, 1.807) is 7.11 Å². The summed E-state index contributed by atoms with van der Waals surface area (Å²) in [5, 5.41) is 15.3. The molecule has 0 aliphatic carbocycles. The predicted molar refractivity (Wildman–Crippen MR) is 88.5 cm³/mol. The molecule has 2 atom stereocenters. The van der Waals surface area contributed by atoms with Crippen molar-refractivity contribution in [1.82, 2.24) is 4.31 Å². The molecule has 0 saturated carbocycles. The monoisotopic (exact) mass is 406 g/mol. The number of β-amino-alcohol motifs (C(OH)–C–C–N with tert-alkyl or cyclic N) is 1. The van der Waals surface area contributed by atoms with E-state index < -0.39 is 29.7 Å². The van der Waals surface area contributed by atoms with E-state index in [9.17, 15) is 21.9 Å². The average molecular weight is 407 g/mol. The third-order valence-electron chi connectivity index (χ3n) is 3.69. The van der Waals surface area contributed by atoms with E-state index >= 15 is 0 Å². The van der Waals surface area contributed by atoms with E-state index in [0.717, 1.165) is 4.31 Å². The Morgan fingerprint density at radius 2 is 2.17 bits per heavy atom. The second-order valence-corrected chi connectivity index (χ2v) is 12.0. The van der Waals surface area contributed by atoms with Crippen molar-refractivity contribution in [3.05, 3.63) is 9.81 Å². The first kappa shape index (κ1) is 19.4. The van der Waals surface area contributed by atoms with Crippen molar-refractivity contribution in [3.8, 4) is 0 Å². The standard InChI is InChI=1S/C11H19ClN2O6S3/c1-20-5-3-2-4-14-7-9(15)8-6-11(12,23(13,18)19)21-10(8)22(14,16)17/h9,15H,2-7H2,1H3,(H2,13,18,19)/t9-,11?/m1/s1. The number of nitrogens with two attached hydrogens (primary N) is 1. The molecule has 134 valence electrons. The average Bonchev–Trinajstić information content (AvgIpc) is 2.81. The van der Waals surface area contributed by atoms with Crippen LogP contribution >= 0.6 is 23.4 Å². The van der Waals surface area contributed by atoms with E-state index in [1.807, 2.05) is 0 Å². The molecule has 3 N–H and O–H groups in total. The quantitative estimate of drug-likeness (QED) is 0.467. The van der Waals surface area contributed by atoms with E-state index in [0.29, 0.717) is 31.2 Å². The number of rotatable bonds is 6. The minimum Gasteiger partial charge on any atom is -0.387 e. The number of primary sulfonamides is 1. The van der Waals surface area contributed by atoms with Crippen molar-refractivity contribution in [3.63, 3.8) is 0 Å². The van der Waals surface area contributed by atoms with Gasteiger partial charge in [0.2, 0.25) is 23.6 Å². The normalized spacial score (nSPS) is 31.4. The van der Waals surface area contributed by atoms with Crippen LogP contribution in [0.5, 0.6) is 0 Å². The largest absolute Gasteiger partial charge is 0.387 e. The third kappa shape index (κ3) is 3.71. The van der Waals surface area contributed by atoms with Crippen LogP contribution in [0.3, 0.4) is 0 Å². The zero-order chi connectivity index (χ0) is 17.5. The molecule has 23 heavy (non-hydrogen) atoms. The second kappa shape index (κ2) is 6.79. The summed E-state index contributed by atoms with van der Waals surface area (Å²) in [5.41, 5.74) is 0.118. The molecule has 12 heteroatoms. The van der Waals surface area contributed by atoms with Crippen LogP contribution in [0.1, 0.15) is 19.3 Å². The van der Waals surface area contributed by atoms with Crippen molar-refractivity contribution >= 4 is 43.4 Å². The molecule has 0 radical (unpaired) electrons. The molecule has 2 rings (SSSR count). The minimum atomic E-state index is -4.20. The highest BCUT2D eigenvalue weighted by Crippen LogP contribution is 2.55. The van der Waals surface area contributed by atoms with E-state index in [1.165, 1.54) is 0 Å². The van der Waals surface area contributed by atoms with Gasteiger partial charge in [-0.1, -0.05) is 23.4 Å². The van der Waals surface area contributed by atoms with Crippen LogP contribution in [-0.4, -0.2) is 62.7 Å². The van der Waals surface area contributed by atoms with Gasteiger partial charge in [-0.05, 0) is 18.4 Å². The number of unbranched alkanes of at least 4 members (excludes halogenated alkanes) is 1. The Morgan fingerprint density at radius 3 is 2.74 bits per heavy atom. The maximum atomic E-state index is 12.6. The maximum Gasteiger partial charge on any atom is 0.249 e. The number of aliphatic hydroxyl groups excluding tert-OH is 1. The van der Waals surface area contributed by atoms with Crippen molar-refractivity contribution < 1.29 is 26.7 Å². The van der Waals surface area contributed by atoms with Crippen LogP contribution in [0.25, 0.3) is 0 Å². The lowest BCUT2D eigenvalue weighted by atomic mass is 10.1. The summed E-state index contributed by atoms with van der Waals surface area (Å²) < 4.78 is 52.4. The summed E-state index contributed by atoms with van der Waals surface area (Å²) in [6, 6.07) is 0. The SMILES string of the molecule is COCCCCN1C[C@@H](O)C2=C(SC(Cl)(S(N)(=O)=O)C2)S1(=O)=O. The van der Waals surface area contributed by atoms with Gasteiger partial charge in [0.25, 0.3) is 0 Å². The van der Waals surface area contributed by atoms with Crippen molar-refractivity contribution in [2.24, 2.45) is 5.14 Å². The Hall–Kier alpha value is 0.120.